The summed E-state index contributed by atoms with van der Waals surface area (Å²) in [6, 6.07) is 16.1. The molecule has 0 saturated carbocycles. The number of unbranched alkanes of at least 4 members (excludes halogenated alkanes) is 1. The fourth-order valence-corrected chi connectivity index (χ4v) is 3.78. The van der Waals surface area contributed by atoms with Crippen LogP contribution in [-0.2, 0) is 11.3 Å². The second kappa shape index (κ2) is 8.98. The van der Waals surface area contributed by atoms with Gasteiger partial charge in [0, 0.05) is 12.0 Å². The fourth-order valence-electron chi connectivity index (χ4n) is 3.78. The van der Waals surface area contributed by atoms with Crippen LogP contribution in [0.25, 0.3) is 22.5 Å². The van der Waals surface area contributed by atoms with Gasteiger partial charge in [-0.05, 0) is 40.8 Å². The van der Waals surface area contributed by atoms with E-state index >= 15 is 0 Å². The lowest BCUT2D eigenvalue weighted by Crippen LogP contribution is -2.34. The van der Waals surface area contributed by atoms with Crippen LogP contribution in [0.4, 0.5) is 0 Å². The van der Waals surface area contributed by atoms with Crippen molar-refractivity contribution >= 4 is 11.7 Å². The number of H-pyrrole nitrogens is 1. The van der Waals surface area contributed by atoms with E-state index in [9.17, 15) is 4.79 Å². The van der Waals surface area contributed by atoms with Crippen molar-refractivity contribution in [1.29, 1.82) is 0 Å². The maximum Gasteiger partial charge on any atom is 0.253 e. The number of hydrogen-bond donors (Lipinski definition) is 1. The predicted molar refractivity (Wildman–Crippen MR) is 117 cm³/mol. The Morgan fingerprint density at radius 2 is 1.90 bits per heavy atom. The summed E-state index contributed by atoms with van der Waals surface area (Å²) in [6.45, 7) is 4.66. The molecule has 1 N–H and O–H groups in total. The van der Waals surface area contributed by atoms with Gasteiger partial charge in [-0.15, -0.1) is 10.2 Å². The van der Waals surface area contributed by atoms with E-state index in [1.165, 1.54) is 0 Å². The summed E-state index contributed by atoms with van der Waals surface area (Å²) in [5, 5.41) is 14.6. The summed E-state index contributed by atoms with van der Waals surface area (Å²) < 4.78 is 0. The topological polar surface area (TPSA) is 87.1 Å². The van der Waals surface area contributed by atoms with Crippen LogP contribution in [0.1, 0.15) is 45.1 Å². The summed E-state index contributed by atoms with van der Waals surface area (Å²) in [4.78, 5) is 19.4. The minimum absolute atomic E-state index is 0.0943. The number of nitrogens with one attached hydrogen (secondary N) is 1. The Kier molecular flexibility index (Phi) is 5.97. The van der Waals surface area contributed by atoms with Crippen LogP contribution < -0.4 is 0 Å². The normalized spacial score (nSPS) is 16.2. The van der Waals surface area contributed by atoms with Crippen molar-refractivity contribution in [1.82, 2.24) is 25.5 Å². The zero-order valence-corrected chi connectivity index (χ0v) is 17.4. The highest BCUT2D eigenvalue weighted by Gasteiger charge is 2.32. The summed E-state index contributed by atoms with van der Waals surface area (Å²) in [5.74, 6) is 1.54. The summed E-state index contributed by atoms with van der Waals surface area (Å²) in [5.41, 5.74) is 4.01. The second-order valence-corrected chi connectivity index (χ2v) is 7.48. The zero-order chi connectivity index (χ0) is 20.9. The van der Waals surface area contributed by atoms with E-state index in [4.69, 9.17) is 4.99 Å². The highest BCUT2D eigenvalue weighted by atomic mass is 16.2. The van der Waals surface area contributed by atoms with Gasteiger partial charge >= 0.3 is 0 Å². The summed E-state index contributed by atoms with van der Waals surface area (Å²) in [7, 11) is 0. The van der Waals surface area contributed by atoms with Gasteiger partial charge < -0.3 is 0 Å². The van der Waals surface area contributed by atoms with Crippen LogP contribution >= 0.6 is 0 Å². The molecule has 0 fully saturated rings. The number of carbonyl (C=O) groups excluding carboxylic acids is 1. The monoisotopic (exact) mass is 402 g/mol. The molecule has 2 aromatic carbocycles. The molecule has 7 heteroatoms. The van der Waals surface area contributed by atoms with Gasteiger partial charge in [-0.25, -0.2) is 0 Å². The lowest BCUT2D eigenvalue weighted by Gasteiger charge is -2.20. The molecule has 1 aromatic heterocycles. The van der Waals surface area contributed by atoms with Crippen molar-refractivity contribution in [2.45, 2.75) is 52.1 Å². The highest BCUT2D eigenvalue weighted by molar-refractivity contribution is 6.05. The number of nitrogens with zero attached hydrogens (tertiary/aromatic N) is 5. The molecule has 1 aliphatic rings. The van der Waals surface area contributed by atoms with Crippen molar-refractivity contribution in [2.75, 3.05) is 0 Å². The number of hydrogen-bond acceptors (Lipinski definition) is 5. The van der Waals surface area contributed by atoms with Crippen LogP contribution in [0.15, 0.2) is 53.5 Å². The first kappa shape index (κ1) is 19.9. The Balaban J connectivity index is 1.67. The molecular weight excluding hydrogens is 376 g/mol. The number of tetrazole rings is 1. The van der Waals surface area contributed by atoms with E-state index in [2.05, 4.69) is 57.9 Å². The third kappa shape index (κ3) is 4.01. The van der Waals surface area contributed by atoms with Crippen LogP contribution in [0, 0.1) is 0 Å². The number of benzene rings is 2. The molecule has 3 aromatic rings. The molecule has 0 aliphatic carbocycles. The Morgan fingerprint density at radius 3 is 2.60 bits per heavy atom. The number of rotatable bonds is 8. The number of carbonyl (C=O) groups is 1. The molecule has 1 unspecified atom stereocenters. The first-order valence-corrected chi connectivity index (χ1v) is 10.5. The van der Waals surface area contributed by atoms with Crippen molar-refractivity contribution in [3.8, 4) is 22.5 Å². The van der Waals surface area contributed by atoms with Gasteiger partial charge in [-0.1, -0.05) is 62.7 Å². The average Bonchev–Trinajstić information content (AvgIpc) is 3.42. The van der Waals surface area contributed by atoms with Gasteiger partial charge in [0.1, 0.15) is 11.9 Å². The van der Waals surface area contributed by atoms with Gasteiger partial charge in [0.15, 0.2) is 0 Å². The van der Waals surface area contributed by atoms with E-state index in [1.807, 2.05) is 30.0 Å². The second-order valence-electron chi connectivity index (χ2n) is 7.48. The van der Waals surface area contributed by atoms with E-state index in [0.717, 1.165) is 53.8 Å². The molecule has 1 atom stereocenters. The van der Waals surface area contributed by atoms with Crippen molar-refractivity contribution in [3.63, 3.8) is 0 Å². The molecule has 0 saturated heterocycles. The fraction of sp³-hybridized carbons (Fsp3) is 0.348. The molecule has 7 nitrogen and oxygen atoms in total. The number of amidine groups is 1. The molecule has 1 aliphatic heterocycles. The van der Waals surface area contributed by atoms with Gasteiger partial charge in [0.05, 0.1) is 6.54 Å². The molecular formula is C23H26N6O. The summed E-state index contributed by atoms with van der Waals surface area (Å²) in [6.07, 6.45) is 3.66. The van der Waals surface area contributed by atoms with E-state index < -0.39 is 0 Å². The highest BCUT2D eigenvalue weighted by Crippen LogP contribution is 2.31. The number of aromatic nitrogens is 4. The Morgan fingerprint density at radius 1 is 1.07 bits per heavy atom. The van der Waals surface area contributed by atoms with Crippen LogP contribution in [0.5, 0.6) is 0 Å². The molecule has 1 amide bonds. The smallest absolute Gasteiger partial charge is 0.253 e. The van der Waals surface area contributed by atoms with E-state index in [0.29, 0.717) is 12.4 Å². The minimum atomic E-state index is -0.253. The van der Waals surface area contributed by atoms with Crippen molar-refractivity contribution in [2.24, 2.45) is 4.99 Å². The SMILES string of the molecule is CCCCC1=NC(CC)C(=O)N1Cc1ccc(-c2ccccc2)c(-c2nn[nH]n2)c1. The van der Waals surface area contributed by atoms with Gasteiger partial charge in [0.2, 0.25) is 5.82 Å². The Bertz CT molecular complexity index is 1030. The van der Waals surface area contributed by atoms with Gasteiger partial charge in [0.25, 0.3) is 5.91 Å². The maximum atomic E-state index is 12.9. The van der Waals surface area contributed by atoms with Crippen molar-refractivity contribution < 1.29 is 4.79 Å². The largest absolute Gasteiger partial charge is 0.294 e. The first-order valence-electron chi connectivity index (χ1n) is 10.5. The molecule has 154 valence electrons. The lowest BCUT2D eigenvalue weighted by molar-refractivity contribution is -0.127. The molecule has 0 radical (unpaired) electrons. The lowest BCUT2D eigenvalue weighted by atomic mass is 9.96. The standard InChI is InChI=1S/C23H26N6O/c1-3-5-11-21-24-20(4-2)23(30)29(21)15-16-12-13-18(17-9-7-6-8-10-17)19(14-16)22-25-27-28-26-22/h6-10,12-14,20H,3-5,11,15H2,1-2H3,(H,25,26,27,28). The Hall–Kier alpha value is -3.35. The average molecular weight is 403 g/mol. The first-order chi connectivity index (χ1) is 14.7. The third-order valence-corrected chi connectivity index (χ3v) is 5.40. The van der Waals surface area contributed by atoms with Crippen LogP contribution in [-0.4, -0.2) is 43.3 Å². The molecule has 4 rings (SSSR count). The van der Waals surface area contributed by atoms with Crippen LogP contribution in [0.3, 0.4) is 0 Å². The minimum Gasteiger partial charge on any atom is -0.294 e. The van der Waals surface area contributed by atoms with Gasteiger partial charge in [-0.2, -0.15) is 5.21 Å². The molecule has 0 spiro atoms. The molecule has 30 heavy (non-hydrogen) atoms. The van der Waals surface area contributed by atoms with Gasteiger partial charge in [-0.3, -0.25) is 14.7 Å². The summed E-state index contributed by atoms with van der Waals surface area (Å²) >= 11 is 0. The number of aromatic amines is 1. The quantitative estimate of drug-likeness (QED) is 0.610. The maximum absolute atomic E-state index is 12.9. The Labute approximate surface area is 176 Å². The van der Waals surface area contributed by atoms with Crippen molar-refractivity contribution in [3.05, 3.63) is 54.1 Å². The zero-order valence-electron chi connectivity index (χ0n) is 17.4. The van der Waals surface area contributed by atoms with E-state index in [-0.39, 0.29) is 11.9 Å². The van der Waals surface area contributed by atoms with E-state index in [1.54, 1.807) is 0 Å². The predicted octanol–water partition coefficient (Wildman–Crippen LogP) is 4.24. The van der Waals surface area contributed by atoms with Crippen LogP contribution in [0.2, 0.25) is 0 Å². The third-order valence-electron chi connectivity index (χ3n) is 5.40. The molecule has 0 bridgehead atoms. The number of amides is 1. The molecule has 2 heterocycles. The number of aliphatic imine (C=N–C) groups is 1.